The number of nitrogens with one attached hydrogen (secondary N) is 1. The van der Waals surface area contributed by atoms with Gasteiger partial charge in [-0.25, -0.2) is 0 Å². The largest absolute Gasteiger partial charge is 0.462 e. The van der Waals surface area contributed by atoms with Crippen LogP contribution in [0.25, 0.3) is 0 Å². The first-order valence-electron chi connectivity index (χ1n) is 28.6. The molecule has 0 fully saturated rings. The van der Waals surface area contributed by atoms with Gasteiger partial charge >= 0.3 is 5.97 Å². The van der Waals surface area contributed by atoms with Crippen molar-refractivity contribution in [2.45, 2.75) is 302 Å². The smallest absolute Gasteiger partial charge is 0.306 e. The van der Waals surface area contributed by atoms with E-state index in [1.165, 1.54) is 180 Å². The Morgan fingerprint density at radius 2 is 0.818 bits per heavy atom. The minimum absolute atomic E-state index is 0.0303. The molecule has 0 heterocycles. The van der Waals surface area contributed by atoms with Crippen LogP contribution < -0.4 is 5.32 Å². The van der Waals surface area contributed by atoms with Crippen LogP contribution in [-0.4, -0.2) is 46.9 Å². The standard InChI is InChI=1S/C60H109NO5/c1-4-7-10-13-16-19-22-25-27-29-31-34-37-40-43-46-49-52-58(63)57(55-62)61-59(64)54-56(51-48-45-42-39-36-33-24-21-18-15-12-9-6-3)66-60(65)53-50-47-44-41-38-35-32-30-28-26-23-20-17-14-11-8-5-2/h9,12,15,18,21,24,33,36,39,42,56-58,62-63H,4-8,10-11,13-14,16-17,19-20,22-23,25-32,34-35,37-38,40-41,43-55H2,1-3H3,(H,61,64)/b12-9+,18-15+,24-21-,36-33-,42-39+. The van der Waals surface area contributed by atoms with E-state index in [2.05, 4.69) is 38.2 Å². The van der Waals surface area contributed by atoms with Crippen LogP contribution >= 0.6 is 0 Å². The zero-order valence-corrected chi connectivity index (χ0v) is 43.8. The number of unbranched alkanes of at least 4 members (excludes halogenated alkanes) is 33. The van der Waals surface area contributed by atoms with E-state index in [-0.39, 0.29) is 24.9 Å². The molecule has 3 atom stereocenters. The van der Waals surface area contributed by atoms with Crippen molar-refractivity contribution in [2.75, 3.05) is 6.61 Å². The zero-order valence-electron chi connectivity index (χ0n) is 43.8. The summed E-state index contributed by atoms with van der Waals surface area (Å²) in [5.41, 5.74) is 0. The van der Waals surface area contributed by atoms with Gasteiger partial charge in [0, 0.05) is 6.42 Å². The highest BCUT2D eigenvalue weighted by Crippen LogP contribution is 2.18. The Labute approximate surface area is 409 Å². The highest BCUT2D eigenvalue weighted by molar-refractivity contribution is 5.77. The molecule has 0 spiro atoms. The van der Waals surface area contributed by atoms with Crippen LogP contribution in [0.2, 0.25) is 0 Å². The van der Waals surface area contributed by atoms with Crippen LogP contribution in [0.15, 0.2) is 60.8 Å². The van der Waals surface area contributed by atoms with Gasteiger partial charge in [-0.1, -0.05) is 293 Å². The molecule has 1 amide bonds. The molecule has 6 nitrogen and oxygen atoms in total. The summed E-state index contributed by atoms with van der Waals surface area (Å²) >= 11 is 0. The van der Waals surface area contributed by atoms with Crippen LogP contribution in [0.4, 0.5) is 0 Å². The third-order valence-electron chi connectivity index (χ3n) is 13.0. The molecule has 66 heavy (non-hydrogen) atoms. The molecule has 0 aliphatic rings. The number of allylic oxidation sites excluding steroid dienone is 10. The number of aliphatic hydroxyl groups excluding tert-OH is 2. The first kappa shape index (κ1) is 63.6. The third-order valence-corrected chi connectivity index (χ3v) is 13.0. The van der Waals surface area contributed by atoms with E-state index in [0.717, 1.165) is 57.8 Å². The lowest BCUT2D eigenvalue weighted by molar-refractivity contribution is -0.151. The molecule has 3 N–H and O–H groups in total. The van der Waals surface area contributed by atoms with E-state index >= 15 is 0 Å². The normalized spacial score (nSPS) is 13.6. The molecule has 6 heteroatoms. The Kier molecular flexibility index (Phi) is 51.5. The highest BCUT2D eigenvalue weighted by Gasteiger charge is 2.24. The summed E-state index contributed by atoms with van der Waals surface area (Å²) in [5.74, 6) is -0.536. The number of aliphatic hydroxyl groups is 2. The summed E-state index contributed by atoms with van der Waals surface area (Å²) in [4.78, 5) is 26.2. The van der Waals surface area contributed by atoms with Crippen molar-refractivity contribution in [3.05, 3.63) is 60.8 Å². The van der Waals surface area contributed by atoms with Gasteiger partial charge in [0.05, 0.1) is 25.2 Å². The molecule has 0 radical (unpaired) electrons. The first-order chi connectivity index (χ1) is 32.5. The van der Waals surface area contributed by atoms with E-state index in [9.17, 15) is 19.8 Å². The minimum Gasteiger partial charge on any atom is -0.462 e. The van der Waals surface area contributed by atoms with Crippen LogP contribution in [0, 0.1) is 0 Å². The second kappa shape index (κ2) is 53.5. The third kappa shape index (κ3) is 48.0. The lowest BCUT2D eigenvalue weighted by Gasteiger charge is -2.24. The predicted molar refractivity (Wildman–Crippen MR) is 287 cm³/mol. The number of hydrogen-bond acceptors (Lipinski definition) is 5. The van der Waals surface area contributed by atoms with Crippen molar-refractivity contribution in [1.82, 2.24) is 5.32 Å². The van der Waals surface area contributed by atoms with Gasteiger partial charge in [0.2, 0.25) is 5.91 Å². The fraction of sp³-hybridized carbons (Fsp3) is 0.800. The summed E-state index contributed by atoms with van der Waals surface area (Å²) in [6.45, 7) is 6.35. The molecule has 0 aromatic rings. The molecule has 0 aliphatic carbocycles. The topological polar surface area (TPSA) is 95.9 Å². The monoisotopic (exact) mass is 924 g/mol. The highest BCUT2D eigenvalue weighted by atomic mass is 16.5. The van der Waals surface area contributed by atoms with Crippen molar-refractivity contribution < 1.29 is 24.5 Å². The van der Waals surface area contributed by atoms with Crippen molar-refractivity contribution in [3.63, 3.8) is 0 Å². The molecule has 0 aromatic heterocycles. The number of carbonyl (C=O) groups excluding carboxylic acids is 2. The lowest BCUT2D eigenvalue weighted by Crippen LogP contribution is -2.46. The Bertz CT molecular complexity index is 1170. The summed E-state index contributed by atoms with van der Waals surface area (Å²) < 4.78 is 5.92. The molecule has 0 aliphatic heterocycles. The number of amides is 1. The van der Waals surface area contributed by atoms with Crippen molar-refractivity contribution in [1.29, 1.82) is 0 Å². The van der Waals surface area contributed by atoms with Crippen molar-refractivity contribution >= 4 is 11.9 Å². The van der Waals surface area contributed by atoms with E-state index in [1.54, 1.807) is 0 Å². The molecular formula is C60H109NO5. The molecule has 0 bridgehead atoms. The summed E-state index contributed by atoms with van der Waals surface area (Å²) in [6.07, 6.45) is 67.3. The Morgan fingerprint density at radius 1 is 0.455 bits per heavy atom. The summed E-state index contributed by atoms with van der Waals surface area (Å²) in [5, 5.41) is 23.8. The maximum absolute atomic E-state index is 13.2. The minimum atomic E-state index is -0.807. The van der Waals surface area contributed by atoms with Crippen LogP contribution in [-0.2, 0) is 14.3 Å². The average molecular weight is 925 g/mol. The van der Waals surface area contributed by atoms with E-state index in [4.69, 9.17) is 4.74 Å². The predicted octanol–water partition coefficient (Wildman–Crippen LogP) is 17.6. The fourth-order valence-electron chi connectivity index (χ4n) is 8.69. The van der Waals surface area contributed by atoms with Crippen LogP contribution in [0.1, 0.15) is 284 Å². The van der Waals surface area contributed by atoms with E-state index in [0.29, 0.717) is 19.3 Å². The van der Waals surface area contributed by atoms with Gasteiger partial charge in [0.25, 0.3) is 0 Å². The fourth-order valence-corrected chi connectivity index (χ4v) is 8.69. The Balaban J connectivity index is 4.56. The van der Waals surface area contributed by atoms with Crippen LogP contribution in [0.5, 0.6) is 0 Å². The molecule has 0 saturated heterocycles. The summed E-state index contributed by atoms with van der Waals surface area (Å²) in [7, 11) is 0. The zero-order chi connectivity index (χ0) is 48.1. The second-order valence-corrected chi connectivity index (χ2v) is 19.4. The number of carbonyl (C=O) groups is 2. The van der Waals surface area contributed by atoms with E-state index in [1.807, 2.05) is 48.6 Å². The second-order valence-electron chi connectivity index (χ2n) is 19.4. The van der Waals surface area contributed by atoms with Gasteiger partial charge in [-0.15, -0.1) is 0 Å². The average Bonchev–Trinajstić information content (AvgIpc) is 3.31. The van der Waals surface area contributed by atoms with Crippen LogP contribution in [0.3, 0.4) is 0 Å². The van der Waals surface area contributed by atoms with Gasteiger partial charge in [-0.3, -0.25) is 9.59 Å². The molecule has 3 unspecified atom stereocenters. The lowest BCUT2D eigenvalue weighted by atomic mass is 10.0. The maximum Gasteiger partial charge on any atom is 0.306 e. The number of esters is 1. The van der Waals surface area contributed by atoms with E-state index < -0.39 is 18.2 Å². The molecular weight excluding hydrogens is 815 g/mol. The quantitative estimate of drug-likeness (QED) is 0.0321. The molecule has 0 aromatic carbocycles. The van der Waals surface area contributed by atoms with Gasteiger partial charge in [-0.05, 0) is 38.5 Å². The van der Waals surface area contributed by atoms with Gasteiger partial charge in [0.1, 0.15) is 6.10 Å². The SMILES string of the molecule is CC/C=C/C=C/C=C\C=C/C=C/CCCC(CC(=O)NC(CO)C(O)CCCCCCCCCCCCCCCCCCC)OC(=O)CCCCCCCCCCCCCCCCCCC. The maximum atomic E-state index is 13.2. The van der Waals surface area contributed by atoms with Gasteiger partial charge in [0.15, 0.2) is 0 Å². The van der Waals surface area contributed by atoms with Crippen molar-refractivity contribution in [3.8, 4) is 0 Å². The number of ether oxygens (including phenoxy) is 1. The Morgan fingerprint density at radius 3 is 1.21 bits per heavy atom. The molecule has 384 valence electrons. The Hall–Kier alpha value is -2.44. The number of hydrogen-bond donors (Lipinski definition) is 3. The summed E-state index contributed by atoms with van der Waals surface area (Å²) in [6, 6.07) is -0.725. The first-order valence-corrected chi connectivity index (χ1v) is 28.6. The van der Waals surface area contributed by atoms with Gasteiger partial charge in [-0.2, -0.15) is 0 Å². The number of rotatable bonds is 51. The molecule has 0 rings (SSSR count). The van der Waals surface area contributed by atoms with Gasteiger partial charge < -0.3 is 20.3 Å². The molecule has 0 saturated carbocycles. The van der Waals surface area contributed by atoms with Crippen molar-refractivity contribution in [2.24, 2.45) is 0 Å².